The molecule has 0 aliphatic heterocycles. The van der Waals surface area contributed by atoms with Crippen molar-refractivity contribution in [1.29, 1.82) is 0 Å². The molecule has 2 N–H and O–H groups in total. The van der Waals surface area contributed by atoms with Crippen molar-refractivity contribution >= 4 is 11.9 Å². The third kappa shape index (κ3) is 3.29. The number of carbonyl (C=O) groups is 2. The van der Waals surface area contributed by atoms with Gasteiger partial charge in [-0.3, -0.25) is 4.79 Å². The van der Waals surface area contributed by atoms with Crippen LogP contribution in [0.15, 0.2) is 0 Å². The highest BCUT2D eigenvalue weighted by Gasteiger charge is 2.66. The van der Waals surface area contributed by atoms with Gasteiger partial charge in [-0.2, -0.15) is 0 Å². The van der Waals surface area contributed by atoms with Gasteiger partial charge in [0.15, 0.2) is 0 Å². The molecule has 1 saturated carbocycles. The maximum atomic E-state index is 12.5. The molecular formula is C17H31NO4. The first-order chi connectivity index (χ1) is 10.3. The van der Waals surface area contributed by atoms with E-state index >= 15 is 0 Å². The number of ether oxygens (including phenoxy) is 1. The number of hydrogen-bond donors (Lipinski definition) is 2. The standard InChI is InChI=1S/C17H31NO4/c1-6-9-10-12(7-2)14(19)18-17(15(20)21)11-13(22-8-3)16(17,4)5/h12-13H,6-11H2,1-5H3,(H,18,19)(H,20,21). The molecule has 1 fully saturated rings. The summed E-state index contributed by atoms with van der Waals surface area (Å²) >= 11 is 0. The average molecular weight is 313 g/mol. The Hall–Kier alpha value is -1.10. The van der Waals surface area contributed by atoms with Crippen molar-refractivity contribution in [3.05, 3.63) is 0 Å². The van der Waals surface area contributed by atoms with E-state index in [1.807, 2.05) is 27.7 Å². The molecule has 0 heterocycles. The van der Waals surface area contributed by atoms with Crippen LogP contribution in [0.25, 0.3) is 0 Å². The van der Waals surface area contributed by atoms with Crippen LogP contribution in [0.5, 0.6) is 0 Å². The van der Waals surface area contributed by atoms with Gasteiger partial charge in [-0.1, -0.05) is 40.5 Å². The molecule has 0 aromatic carbocycles. The van der Waals surface area contributed by atoms with Crippen LogP contribution < -0.4 is 5.32 Å². The van der Waals surface area contributed by atoms with Gasteiger partial charge in [0.1, 0.15) is 5.54 Å². The Balaban J connectivity index is 2.86. The fraction of sp³-hybridized carbons (Fsp3) is 0.882. The monoisotopic (exact) mass is 313 g/mol. The number of unbranched alkanes of at least 4 members (excludes halogenated alkanes) is 1. The quantitative estimate of drug-likeness (QED) is 0.686. The van der Waals surface area contributed by atoms with Gasteiger partial charge in [0, 0.05) is 24.4 Å². The number of amides is 1. The molecule has 0 aromatic rings. The summed E-state index contributed by atoms with van der Waals surface area (Å²) in [5.74, 6) is -1.22. The zero-order valence-corrected chi connectivity index (χ0v) is 14.6. The number of carboxylic acid groups (broad SMARTS) is 1. The second-order valence-corrected chi connectivity index (χ2v) is 6.82. The fourth-order valence-electron chi connectivity index (χ4n) is 3.32. The minimum Gasteiger partial charge on any atom is -0.479 e. The summed E-state index contributed by atoms with van der Waals surface area (Å²) in [7, 11) is 0. The van der Waals surface area contributed by atoms with Gasteiger partial charge in [0.25, 0.3) is 0 Å². The molecule has 1 amide bonds. The fourth-order valence-corrected chi connectivity index (χ4v) is 3.32. The van der Waals surface area contributed by atoms with Crippen LogP contribution in [-0.4, -0.2) is 35.2 Å². The lowest BCUT2D eigenvalue weighted by atomic mass is 9.54. The Morgan fingerprint density at radius 3 is 2.36 bits per heavy atom. The Bertz CT molecular complexity index is 407. The van der Waals surface area contributed by atoms with Gasteiger partial charge in [-0.15, -0.1) is 0 Å². The van der Waals surface area contributed by atoms with Crippen LogP contribution in [0.4, 0.5) is 0 Å². The second-order valence-electron chi connectivity index (χ2n) is 6.82. The molecule has 22 heavy (non-hydrogen) atoms. The van der Waals surface area contributed by atoms with Crippen LogP contribution in [0.2, 0.25) is 0 Å². The van der Waals surface area contributed by atoms with Gasteiger partial charge in [0.2, 0.25) is 5.91 Å². The highest BCUT2D eigenvalue weighted by Crippen LogP contribution is 2.51. The smallest absolute Gasteiger partial charge is 0.330 e. The number of carboxylic acids is 1. The molecule has 1 rings (SSSR count). The molecule has 1 aliphatic rings. The summed E-state index contributed by atoms with van der Waals surface area (Å²) in [5, 5.41) is 12.6. The van der Waals surface area contributed by atoms with Gasteiger partial charge >= 0.3 is 5.97 Å². The van der Waals surface area contributed by atoms with Crippen molar-refractivity contribution in [2.45, 2.75) is 78.4 Å². The Morgan fingerprint density at radius 1 is 1.32 bits per heavy atom. The molecule has 5 nitrogen and oxygen atoms in total. The normalized spacial score (nSPS) is 27.8. The summed E-state index contributed by atoms with van der Waals surface area (Å²) in [6.45, 7) is 10.2. The minimum absolute atomic E-state index is 0.113. The van der Waals surface area contributed by atoms with Gasteiger partial charge in [-0.05, 0) is 19.8 Å². The zero-order valence-electron chi connectivity index (χ0n) is 14.6. The third-order valence-electron chi connectivity index (χ3n) is 5.24. The van der Waals surface area contributed by atoms with E-state index in [0.717, 1.165) is 25.7 Å². The van der Waals surface area contributed by atoms with Crippen molar-refractivity contribution in [3.8, 4) is 0 Å². The van der Waals surface area contributed by atoms with Crippen molar-refractivity contribution in [2.24, 2.45) is 11.3 Å². The number of aliphatic carboxylic acids is 1. The molecule has 5 heteroatoms. The van der Waals surface area contributed by atoms with E-state index in [4.69, 9.17) is 4.74 Å². The van der Waals surface area contributed by atoms with Crippen molar-refractivity contribution < 1.29 is 19.4 Å². The molecule has 1 aliphatic carbocycles. The maximum absolute atomic E-state index is 12.5. The van der Waals surface area contributed by atoms with Gasteiger partial charge in [-0.25, -0.2) is 4.79 Å². The van der Waals surface area contributed by atoms with E-state index in [9.17, 15) is 14.7 Å². The van der Waals surface area contributed by atoms with Crippen LogP contribution in [0, 0.1) is 11.3 Å². The summed E-state index contributed by atoms with van der Waals surface area (Å²) < 4.78 is 5.62. The van der Waals surface area contributed by atoms with E-state index in [1.54, 1.807) is 0 Å². The second kappa shape index (κ2) is 7.44. The van der Waals surface area contributed by atoms with E-state index in [0.29, 0.717) is 13.0 Å². The van der Waals surface area contributed by atoms with E-state index in [-0.39, 0.29) is 17.9 Å². The Kier molecular flexibility index (Phi) is 6.41. The first-order valence-corrected chi connectivity index (χ1v) is 8.43. The van der Waals surface area contributed by atoms with Gasteiger partial charge in [0.05, 0.1) is 6.10 Å². The third-order valence-corrected chi connectivity index (χ3v) is 5.24. The molecule has 0 saturated heterocycles. The minimum atomic E-state index is -1.22. The molecule has 0 radical (unpaired) electrons. The Morgan fingerprint density at radius 2 is 1.95 bits per heavy atom. The van der Waals surface area contributed by atoms with Crippen LogP contribution in [0.3, 0.4) is 0 Å². The lowest BCUT2D eigenvalue weighted by Gasteiger charge is -2.58. The lowest BCUT2D eigenvalue weighted by Crippen LogP contribution is -2.76. The van der Waals surface area contributed by atoms with Crippen molar-refractivity contribution in [3.63, 3.8) is 0 Å². The molecule has 0 spiro atoms. The highest BCUT2D eigenvalue weighted by molar-refractivity contribution is 5.90. The molecular weight excluding hydrogens is 282 g/mol. The van der Waals surface area contributed by atoms with Crippen LogP contribution in [0.1, 0.15) is 66.7 Å². The Labute approximate surface area is 133 Å². The number of nitrogens with one attached hydrogen (secondary N) is 1. The van der Waals surface area contributed by atoms with E-state index in [2.05, 4.69) is 12.2 Å². The van der Waals surface area contributed by atoms with Crippen molar-refractivity contribution in [1.82, 2.24) is 5.32 Å². The van der Waals surface area contributed by atoms with Crippen LogP contribution in [-0.2, 0) is 14.3 Å². The zero-order chi connectivity index (χ0) is 17.0. The summed E-state index contributed by atoms with van der Waals surface area (Å²) in [5.41, 5.74) is -1.84. The first kappa shape index (κ1) is 18.9. The highest BCUT2D eigenvalue weighted by atomic mass is 16.5. The SMILES string of the molecule is CCCCC(CC)C(=O)NC1(C(=O)O)CC(OCC)C1(C)C. The number of rotatable bonds is 9. The van der Waals surface area contributed by atoms with Crippen molar-refractivity contribution in [2.75, 3.05) is 6.61 Å². The molecule has 128 valence electrons. The van der Waals surface area contributed by atoms with E-state index in [1.165, 1.54) is 0 Å². The lowest BCUT2D eigenvalue weighted by molar-refractivity contribution is -0.195. The molecule has 0 aromatic heterocycles. The number of carbonyl (C=O) groups excluding carboxylic acids is 1. The molecule has 3 unspecified atom stereocenters. The largest absolute Gasteiger partial charge is 0.479 e. The maximum Gasteiger partial charge on any atom is 0.330 e. The van der Waals surface area contributed by atoms with Gasteiger partial charge < -0.3 is 15.2 Å². The molecule has 3 atom stereocenters. The predicted molar refractivity (Wildman–Crippen MR) is 85.6 cm³/mol. The first-order valence-electron chi connectivity index (χ1n) is 8.43. The summed E-state index contributed by atoms with van der Waals surface area (Å²) in [6, 6.07) is 0. The average Bonchev–Trinajstić information content (AvgIpc) is 2.46. The van der Waals surface area contributed by atoms with Crippen LogP contribution >= 0.6 is 0 Å². The predicted octanol–water partition coefficient (Wildman–Crippen LogP) is 2.98. The summed E-state index contributed by atoms with van der Waals surface area (Å²) in [4.78, 5) is 24.4. The summed E-state index contributed by atoms with van der Waals surface area (Å²) in [6.07, 6.45) is 3.76. The topological polar surface area (TPSA) is 75.6 Å². The number of hydrogen-bond acceptors (Lipinski definition) is 3. The van der Waals surface area contributed by atoms with E-state index < -0.39 is 16.9 Å². The molecule has 0 bridgehead atoms.